The number of amides is 1. The molecule has 1 aliphatic heterocycles. The lowest BCUT2D eigenvalue weighted by Gasteiger charge is -2.36. The third kappa shape index (κ3) is 2.96. The summed E-state index contributed by atoms with van der Waals surface area (Å²) in [7, 11) is 0. The van der Waals surface area contributed by atoms with Crippen LogP contribution < -0.4 is 0 Å². The van der Waals surface area contributed by atoms with Gasteiger partial charge in [-0.25, -0.2) is 0 Å². The maximum absolute atomic E-state index is 13.4. The zero-order valence-corrected chi connectivity index (χ0v) is 14.6. The summed E-state index contributed by atoms with van der Waals surface area (Å²) in [5.74, 6) is 0.650. The molecule has 1 aromatic carbocycles. The van der Waals surface area contributed by atoms with E-state index in [0.717, 1.165) is 31.4 Å². The summed E-state index contributed by atoms with van der Waals surface area (Å²) in [6, 6.07) is 11.5. The number of nitrogens with zero attached hydrogens (tertiary/aromatic N) is 6. The maximum atomic E-state index is 13.4. The van der Waals surface area contributed by atoms with Gasteiger partial charge in [0.05, 0.1) is 17.3 Å². The fourth-order valence-electron chi connectivity index (χ4n) is 3.54. The molecule has 3 heterocycles. The van der Waals surface area contributed by atoms with E-state index < -0.39 is 0 Å². The Bertz CT molecular complexity index is 907. The van der Waals surface area contributed by atoms with Crippen LogP contribution >= 0.6 is 0 Å². The predicted octanol–water partition coefficient (Wildman–Crippen LogP) is 2.73. The highest BCUT2D eigenvalue weighted by atomic mass is 16.2. The van der Waals surface area contributed by atoms with Gasteiger partial charge < -0.3 is 4.90 Å². The third-order valence-electron chi connectivity index (χ3n) is 4.82. The Morgan fingerprint density at radius 2 is 2.04 bits per heavy atom. The monoisotopic (exact) mass is 348 g/mol. The Morgan fingerprint density at radius 1 is 1.15 bits per heavy atom. The number of aryl methyl sites for hydroxylation is 1. The molecule has 26 heavy (non-hydrogen) atoms. The highest BCUT2D eigenvalue weighted by Gasteiger charge is 2.30. The lowest BCUT2D eigenvalue weighted by Crippen LogP contribution is -2.39. The molecule has 4 rings (SSSR count). The lowest BCUT2D eigenvalue weighted by molar-refractivity contribution is 0.0611. The molecule has 7 nitrogen and oxygen atoms in total. The first-order chi connectivity index (χ1) is 12.8. The predicted molar refractivity (Wildman–Crippen MR) is 95.8 cm³/mol. The molecule has 132 valence electrons. The number of rotatable bonds is 3. The van der Waals surface area contributed by atoms with Crippen molar-refractivity contribution in [3.63, 3.8) is 0 Å². The van der Waals surface area contributed by atoms with Crippen molar-refractivity contribution in [1.29, 1.82) is 0 Å². The van der Waals surface area contributed by atoms with Gasteiger partial charge >= 0.3 is 0 Å². The van der Waals surface area contributed by atoms with E-state index in [4.69, 9.17) is 0 Å². The fraction of sp³-hybridized carbons (Fsp3) is 0.316. The van der Waals surface area contributed by atoms with E-state index in [1.165, 1.54) is 0 Å². The van der Waals surface area contributed by atoms with Crippen molar-refractivity contribution in [3.8, 4) is 5.69 Å². The number of hydrogen-bond donors (Lipinski definition) is 0. The van der Waals surface area contributed by atoms with Gasteiger partial charge in [0.25, 0.3) is 5.91 Å². The van der Waals surface area contributed by atoms with Crippen molar-refractivity contribution in [3.05, 3.63) is 65.7 Å². The molecule has 0 N–H and O–H groups in total. The van der Waals surface area contributed by atoms with Gasteiger partial charge in [0.15, 0.2) is 5.82 Å². The van der Waals surface area contributed by atoms with Gasteiger partial charge in [-0.15, -0.1) is 5.10 Å². The zero-order valence-electron chi connectivity index (χ0n) is 14.6. The van der Waals surface area contributed by atoms with Crippen LogP contribution in [0, 0.1) is 6.92 Å². The minimum absolute atomic E-state index is 0.00375. The van der Waals surface area contributed by atoms with Crippen LogP contribution in [0.3, 0.4) is 0 Å². The second-order valence-electron chi connectivity index (χ2n) is 6.45. The van der Waals surface area contributed by atoms with Crippen molar-refractivity contribution in [2.75, 3.05) is 6.54 Å². The van der Waals surface area contributed by atoms with E-state index in [1.54, 1.807) is 10.9 Å². The molecule has 0 unspecified atom stereocenters. The number of pyridine rings is 1. The first kappa shape index (κ1) is 16.4. The summed E-state index contributed by atoms with van der Waals surface area (Å²) in [5.41, 5.74) is 2.39. The number of benzene rings is 1. The van der Waals surface area contributed by atoms with Crippen LogP contribution in [-0.4, -0.2) is 42.5 Å². The Balaban J connectivity index is 1.72. The summed E-state index contributed by atoms with van der Waals surface area (Å²) >= 11 is 0. The second kappa shape index (κ2) is 7.03. The number of para-hydroxylation sites is 1. The summed E-state index contributed by atoms with van der Waals surface area (Å²) in [6.45, 7) is 2.56. The molecule has 0 spiro atoms. The van der Waals surface area contributed by atoms with Crippen molar-refractivity contribution < 1.29 is 4.79 Å². The normalized spacial score (nSPS) is 17.3. The van der Waals surface area contributed by atoms with Gasteiger partial charge in [-0.3, -0.25) is 9.78 Å². The molecular formula is C19H20N6O. The number of likely N-dealkylation sites (tertiary alicyclic amines) is 1. The zero-order chi connectivity index (χ0) is 17.9. The van der Waals surface area contributed by atoms with Gasteiger partial charge in [0.1, 0.15) is 0 Å². The molecule has 0 saturated carbocycles. The minimum atomic E-state index is 0.00375. The summed E-state index contributed by atoms with van der Waals surface area (Å²) in [5, 5.41) is 11.7. The molecule has 1 atom stereocenters. The minimum Gasteiger partial charge on any atom is -0.331 e. The third-order valence-corrected chi connectivity index (χ3v) is 4.82. The molecule has 1 fully saturated rings. The SMILES string of the molecule is Cc1nnnn1-c1ccccc1C(=O)N1CCCC[C@@H]1c1cccnc1. The molecule has 0 radical (unpaired) electrons. The highest BCUT2D eigenvalue weighted by Crippen LogP contribution is 2.32. The summed E-state index contributed by atoms with van der Waals surface area (Å²) < 4.78 is 1.61. The van der Waals surface area contributed by atoms with E-state index in [-0.39, 0.29) is 11.9 Å². The van der Waals surface area contributed by atoms with Crippen LogP contribution in [0.5, 0.6) is 0 Å². The van der Waals surface area contributed by atoms with Crippen LogP contribution in [0.4, 0.5) is 0 Å². The Labute approximate surface area is 151 Å². The highest BCUT2D eigenvalue weighted by molar-refractivity contribution is 5.98. The number of piperidine rings is 1. The van der Waals surface area contributed by atoms with Crippen molar-refractivity contribution in [2.24, 2.45) is 0 Å². The van der Waals surface area contributed by atoms with Gasteiger partial charge in [-0.05, 0) is 60.4 Å². The van der Waals surface area contributed by atoms with E-state index in [0.29, 0.717) is 17.1 Å². The van der Waals surface area contributed by atoms with Crippen LogP contribution in [0.25, 0.3) is 5.69 Å². The molecular weight excluding hydrogens is 328 g/mol. The number of hydrogen-bond acceptors (Lipinski definition) is 5. The molecule has 2 aromatic heterocycles. The molecule has 1 aliphatic rings. The van der Waals surface area contributed by atoms with Gasteiger partial charge in [-0.2, -0.15) is 4.68 Å². The van der Waals surface area contributed by atoms with E-state index in [1.807, 2.05) is 54.4 Å². The van der Waals surface area contributed by atoms with Crippen LogP contribution in [0.1, 0.15) is 47.1 Å². The van der Waals surface area contributed by atoms with E-state index >= 15 is 0 Å². The van der Waals surface area contributed by atoms with Gasteiger partial charge in [0, 0.05) is 18.9 Å². The fourth-order valence-corrected chi connectivity index (χ4v) is 3.54. The Kier molecular flexibility index (Phi) is 4.43. The first-order valence-corrected chi connectivity index (χ1v) is 8.81. The van der Waals surface area contributed by atoms with E-state index in [2.05, 4.69) is 20.5 Å². The topological polar surface area (TPSA) is 76.8 Å². The number of tetrazole rings is 1. The van der Waals surface area contributed by atoms with Gasteiger partial charge in [-0.1, -0.05) is 18.2 Å². The second-order valence-corrected chi connectivity index (χ2v) is 6.45. The number of carbonyl (C=O) groups excluding carboxylic acids is 1. The molecule has 1 saturated heterocycles. The Morgan fingerprint density at radius 3 is 2.81 bits per heavy atom. The maximum Gasteiger partial charge on any atom is 0.256 e. The van der Waals surface area contributed by atoms with Crippen LogP contribution in [0.2, 0.25) is 0 Å². The van der Waals surface area contributed by atoms with Crippen LogP contribution in [-0.2, 0) is 0 Å². The molecule has 1 amide bonds. The largest absolute Gasteiger partial charge is 0.331 e. The Hall–Kier alpha value is -3.09. The average molecular weight is 348 g/mol. The first-order valence-electron chi connectivity index (χ1n) is 8.81. The van der Waals surface area contributed by atoms with Crippen molar-refractivity contribution in [2.45, 2.75) is 32.2 Å². The lowest BCUT2D eigenvalue weighted by atomic mass is 9.95. The smallest absolute Gasteiger partial charge is 0.256 e. The van der Waals surface area contributed by atoms with Gasteiger partial charge in [0.2, 0.25) is 0 Å². The van der Waals surface area contributed by atoms with E-state index in [9.17, 15) is 4.79 Å². The standard InChI is InChI=1S/C19H20N6O/c1-14-21-22-23-25(14)18-10-3-2-8-16(18)19(26)24-12-5-4-9-17(24)15-7-6-11-20-13-15/h2-3,6-8,10-11,13,17H,4-5,9,12H2,1H3/t17-/m1/s1. The molecule has 0 bridgehead atoms. The number of aromatic nitrogens is 5. The van der Waals surface area contributed by atoms with Crippen molar-refractivity contribution >= 4 is 5.91 Å². The average Bonchev–Trinajstić information content (AvgIpc) is 3.14. The van der Waals surface area contributed by atoms with Crippen molar-refractivity contribution in [1.82, 2.24) is 30.1 Å². The molecule has 7 heteroatoms. The molecule has 3 aromatic rings. The summed E-state index contributed by atoms with van der Waals surface area (Å²) in [6.07, 6.45) is 6.68. The molecule has 0 aliphatic carbocycles. The summed E-state index contributed by atoms with van der Waals surface area (Å²) in [4.78, 5) is 19.6. The quantitative estimate of drug-likeness (QED) is 0.727. The number of carbonyl (C=O) groups is 1. The van der Waals surface area contributed by atoms with Crippen LogP contribution in [0.15, 0.2) is 48.8 Å².